The first-order valence-corrected chi connectivity index (χ1v) is 4.15. The minimum Gasteiger partial charge on any atom is -0.748 e. The summed E-state index contributed by atoms with van der Waals surface area (Å²) in [6, 6.07) is 0. The van der Waals surface area contributed by atoms with Crippen LogP contribution in [-0.2, 0) is 14.9 Å². The minimum absolute atomic E-state index is 0. The van der Waals surface area contributed by atoms with E-state index in [0.717, 1.165) is 0 Å². The molecule has 0 aliphatic rings. The fourth-order valence-electron chi connectivity index (χ4n) is 0.305. The molecule has 4 nitrogen and oxygen atoms in total. The van der Waals surface area contributed by atoms with E-state index in [1.54, 1.807) is 6.92 Å². The van der Waals surface area contributed by atoms with Gasteiger partial charge in [-0.1, -0.05) is 0 Å². The van der Waals surface area contributed by atoms with Crippen LogP contribution in [0.3, 0.4) is 0 Å². The standard InChI is InChI=1S/C4H10O4S.K/c1-2-8-3-4-9(5,6)7;/h2-4H2,1H3,(H,5,6,7);/q;+1/p-1. The monoisotopic (exact) mass is 192 g/mol. The van der Waals surface area contributed by atoms with Crippen molar-refractivity contribution < 1.29 is 69.1 Å². The van der Waals surface area contributed by atoms with Crippen LogP contribution in [0.25, 0.3) is 0 Å². The van der Waals surface area contributed by atoms with E-state index in [0.29, 0.717) is 6.61 Å². The van der Waals surface area contributed by atoms with Gasteiger partial charge in [0.1, 0.15) is 0 Å². The van der Waals surface area contributed by atoms with Crippen molar-refractivity contribution in [2.75, 3.05) is 19.0 Å². The van der Waals surface area contributed by atoms with Crippen molar-refractivity contribution in [1.82, 2.24) is 0 Å². The second-order valence-corrected chi connectivity index (χ2v) is 2.98. The molecule has 0 N–H and O–H groups in total. The zero-order chi connectivity index (χ0) is 7.33. The first-order chi connectivity index (χ1) is 4.06. The predicted octanol–water partition coefficient (Wildman–Crippen LogP) is -3.43. The molecule has 0 aliphatic carbocycles. The Bertz CT molecular complexity index is 153. The number of ether oxygens (including phenoxy) is 1. The van der Waals surface area contributed by atoms with E-state index in [9.17, 15) is 13.0 Å². The Labute approximate surface area is 103 Å². The summed E-state index contributed by atoms with van der Waals surface area (Å²) >= 11 is 0. The van der Waals surface area contributed by atoms with Crippen molar-refractivity contribution in [3.05, 3.63) is 0 Å². The molecular weight excluding hydrogens is 183 g/mol. The Balaban J connectivity index is 0. The Hall–Kier alpha value is 1.51. The quantitative estimate of drug-likeness (QED) is 0.264. The number of hydrogen-bond acceptors (Lipinski definition) is 4. The molecule has 56 valence electrons. The normalized spacial score (nSPS) is 10.6. The van der Waals surface area contributed by atoms with Gasteiger partial charge in [0.2, 0.25) is 0 Å². The molecule has 0 unspecified atom stereocenters. The van der Waals surface area contributed by atoms with Gasteiger partial charge in [0.15, 0.2) is 0 Å². The van der Waals surface area contributed by atoms with Crippen LogP contribution in [0.15, 0.2) is 0 Å². The molecule has 0 saturated heterocycles. The van der Waals surface area contributed by atoms with Gasteiger partial charge >= 0.3 is 51.4 Å². The first kappa shape index (κ1) is 14.1. The summed E-state index contributed by atoms with van der Waals surface area (Å²) in [6.07, 6.45) is 0. The third-order valence-electron chi connectivity index (χ3n) is 0.682. The Morgan fingerprint density at radius 1 is 1.50 bits per heavy atom. The third kappa shape index (κ3) is 12.2. The third-order valence-corrected chi connectivity index (χ3v) is 1.35. The molecule has 0 fully saturated rings. The van der Waals surface area contributed by atoms with Crippen LogP contribution in [0.5, 0.6) is 0 Å². The topological polar surface area (TPSA) is 66.4 Å². The average Bonchev–Trinajstić information content (AvgIpc) is 1.63. The van der Waals surface area contributed by atoms with Gasteiger partial charge in [0.25, 0.3) is 0 Å². The molecule has 0 amide bonds. The van der Waals surface area contributed by atoms with Crippen LogP contribution in [0, 0.1) is 0 Å². The maximum atomic E-state index is 9.87. The number of rotatable bonds is 4. The molecule has 0 saturated carbocycles. The predicted molar refractivity (Wildman–Crippen MR) is 31.1 cm³/mol. The van der Waals surface area contributed by atoms with Crippen LogP contribution in [0.1, 0.15) is 6.92 Å². The summed E-state index contributed by atoms with van der Waals surface area (Å²) in [7, 11) is -4.07. The van der Waals surface area contributed by atoms with Gasteiger partial charge in [0.05, 0.1) is 22.5 Å². The van der Waals surface area contributed by atoms with Crippen LogP contribution in [-0.4, -0.2) is 31.9 Å². The molecule has 6 heteroatoms. The van der Waals surface area contributed by atoms with Crippen molar-refractivity contribution in [2.24, 2.45) is 0 Å². The van der Waals surface area contributed by atoms with Gasteiger partial charge in [-0.2, -0.15) is 0 Å². The van der Waals surface area contributed by atoms with E-state index in [1.165, 1.54) is 0 Å². The fourth-order valence-corrected chi connectivity index (χ4v) is 0.627. The Kier molecular flexibility index (Phi) is 10.1. The van der Waals surface area contributed by atoms with Gasteiger partial charge in [0, 0.05) is 6.61 Å². The molecule has 0 heterocycles. The largest absolute Gasteiger partial charge is 1.00 e. The molecule has 0 aromatic carbocycles. The summed E-state index contributed by atoms with van der Waals surface area (Å²) in [4.78, 5) is 0. The zero-order valence-electron chi connectivity index (χ0n) is 6.16. The second kappa shape index (κ2) is 7.17. The number of hydrogen-bond donors (Lipinski definition) is 0. The van der Waals surface area contributed by atoms with Gasteiger partial charge in [-0.3, -0.25) is 0 Å². The van der Waals surface area contributed by atoms with Crippen molar-refractivity contribution in [1.29, 1.82) is 0 Å². The minimum atomic E-state index is -4.07. The smallest absolute Gasteiger partial charge is 0.748 e. The van der Waals surface area contributed by atoms with Crippen molar-refractivity contribution in [2.45, 2.75) is 6.92 Å². The summed E-state index contributed by atoms with van der Waals surface area (Å²) in [5.41, 5.74) is 0. The van der Waals surface area contributed by atoms with Crippen LogP contribution < -0.4 is 51.4 Å². The van der Waals surface area contributed by atoms with E-state index in [1.807, 2.05) is 0 Å². The fraction of sp³-hybridized carbons (Fsp3) is 1.00. The van der Waals surface area contributed by atoms with Crippen LogP contribution in [0.2, 0.25) is 0 Å². The van der Waals surface area contributed by atoms with Gasteiger partial charge in [-0.15, -0.1) is 0 Å². The van der Waals surface area contributed by atoms with Crippen molar-refractivity contribution in [3.63, 3.8) is 0 Å². The Morgan fingerprint density at radius 2 is 2.00 bits per heavy atom. The summed E-state index contributed by atoms with van der Waals surface area (Å²) in [5.74, 6) is -0.430. The van der Waals surface area contributed by atoms with Gasteiger partial charge in [-0.25, -0.2) is 8.42 Å². The molecule has 0 atom stereocenters. The van der Waals surface area contributed by atoms with E-state index in [4.69, 9.17) is 0 Å². The molecule has 0 rings (SSSR count). The summed E-state index contributed by atoms with van der Waals surface area (Å²) < 4.78 is 34.2. The molecule has 0 aromatic rings. The average molecular weight is 192 g/mol. The Morgan fingerprint density at radius 3 is 2.30 bits per heavy atom. The molecule has 0 aromatic heterocycles. The SMILES string of the molecule is CCOCCS(=O)(=O)[O-].[K+]. The summed E-state index contributed by atoms with van der Waals surface area (Å²) in [6.45, 7) is 2.18. The molecular formula is C4H9KO4S. The van der Waals surface area contributed by atoms with E-state index in [-0.39, 0.29) is 58.0 Å². The molecule has 10 heavy (non-hydrogen) atoms. The van der Waals surface area contributed by atoms with Crippen molar-refractivity contribution >= 4 is 10.1 Å². The molecule has 0 aliphatic heterocycles. The second-order valence-electron chi connectivity index (χ2n) is 1.46. The van der Waals surface area contributed by atoms with Crippen molar-refractivity contribution in [3.8, 4) is 0 Å². The van der Waals surface area contributed by atoms with E-state index < -0.39 is 15.9 Å². The van der Waals surface area contributed by atoms with Gasteiger partial charge < -0.3 is 9.29 Å². The van der Waals surface area contributed by atoms with E-state index >= 15 is 0 Å². The van der Waals surface area contributed by atoms with E-state index in [2.05, 4.69) is 4.74 Å². The molecule has 0 bridgehead atoms. The van der Waals surface area contributed by atoms with Crippen LogP contribution in [0.4, 0.5) is 0 Å². The zero-order valence-corrected chi connectivity index (χ0v) is 10.1. The van der Waals surface area contributed by atoms with Crippen LogP contribution >= 0.6 is 0 Å². The molecule has 0 spiro atoms. The summed E-state index contributed by atoms with van der Waals surface area (Å²) in [5, 5.41) is 0. The first-order valence-electron chi connectivity index (χ1n) is 2.57. The van der Waals surface area contributed by atoms with Gasteiger partial charge in [-0.05, 0) is 6.92 Å². The maximum absolute atomic E-state index is 9.87. The molecule has 0 radical (unpaired) electrons. The maximum Gasteiger partial charge on any atom is 1.00 e.